The van der Waals surface area contributed by atoms with E-state index < -0.39 is 10.0 Å². The molecule has 1 aliphatic heterocycles. The standard InChI is InChI=1S/C14H21N3O3S/c1-10(2)20-8-4-7-15-14-16-12-6-5-11(3)9-13(12)21(18,19)17-14/h5-6,9-10H,4,7-8H2,1-3H3,(H2,15,16,17). The third-order valence-electron chi connectivity index (χ3n) is 2.93. The molecule has 0 bridgehead atoms. The molecule has 1 aromatic rings. The number of benzene rings is 1. The topological polar surface area (TPSA) is 79.8 Å². The Morgan fingerprint density at radius 2 is 2.10 bits per heavy atom. The molecule has 0 spiro atoms. The van der Waals surface area contributed by atoms with E-state index >= 15 is 0 Å². The van der Waals surface area contributed by atoms with Gasteiger partial charge in [0.15, 0.2) is 0 Å². The van der Waals surface area contributed by atoms with Crippen LogP contribution in [0.1, 0.15) is 25.8 Å². The van der Waals surface area contributed by atoms with Crippen LogP contribution in [-0.4, -0.2) is 33.6 Å². The normalized spacial score (nSPS) is 18.2. The molecule has 0 saturated carbocycles. The van der Waals surface area contributed by atoms with Crippen LogP contribution < -0.4 is 10.0 Å². The van der Waals surface area contributed by atoms with Crippen LogP contribution in [0.5, 0.6) is 0 Å². The van der Waals surface area contributed by atoms with Crippen molar-refractivity contribution in [2.45, 2.75) is 38.2 Å². The maximum Gasteiger partial charge on any atom is 0.266 e. The molecule has 116 valence electrons. The highest BCUT2D eigenvalue weighted by Crippen LogP contribution is 2.25. The molecule has 21 heavy (non-hydrogen) atoms. The summed E-state index contributed by atoms with van der Waals surface area (Å²) in [6.45, 7) is 6.91. The lowest BCUT2D eigenvalue weighted by Crippen LogP contribution is -2.40. The molecule has 1 aromatic carbocycles. The van der Waals surface area contributed by atoms with Gasteiger partial charge in [0.25, 0.3) is 10.0 Å². The smallest absolute Gasteiger partial charge is 0.266 e. The molecule has 1 heterocycles. The molecule has 0 aromatic heterocycles. The van der Waals surface area contributed by atoms with Crippen molar-refractivity contribution >= 4 is 21.7 Å². The van der Waals surface area contributed by atoms with Gasteiger partial charge in [-0.1, -0.05) is 6.07 Å². The molecule has 0 amide bonds. The summed E-state index contributed by atoms with van der Waals surface area (Å²) >= 11 is 0. The van der Waals surface area contributed by atoms with E-state index in [0.29, 0.717) is 18.8 Å². The van der Waals surface area contributed by atoms with E-state index in [-0.39, 0.29) is 17.0 Å². The van der Waals surface area contributed by atoms with Gasteiger partial charge >= 0.3 is 0 Å². The molecular weight excluding hydrogens is 290 g/mol. The molecule has 7 heteroatoms. The van der Waals surface area contributed by atoms with Crippen LogP contribution in [0.2, 0.25) is 0 Å². The van der Waals surface area contributed by atoms with E-state index in [4.69, 9.17) is 4.74 Å². The van der Waals surface area contributed by atoms with Gasteiger partial charge in [-0.25, -0.2) is 13.1 Å². The SMILES string of the molecule is Cc1ccc2c(c1)S(=O)(=O)NC(=NCCCOC(C)C)N2. The van der Waals surface area contributed by atoms with Crippen molar-refractivity contribution in [2.75, 3.05) is 18.5 Å². The average Bonchev–Trinajstić information content (AvgIpc) is 2.38. The highest BCUT2D eigenvalue weighted by atomic mass is 32.2. The van der Waals surface area contributed by atoms with Gasteiger partial charge in [0.1, 0.15) is 4.90 Å². The van der Waals surface area contributed by atoms with E-state index in [1.54, 1.807) is 12.1 Å². The second-order valence-corrected chi connectivity index (χ2v) is 6.88. The number of rotatable bonds is 5. The zero-order chi connectivity index (χ0) is 15.5. The fourth-order valence-corrected chi connectivity index (χ4v) is 3.17. The van der Waals surface area contributed by atoms with Crippen LogP contribution in [-0.2, 0) is 14.8 Å². The largest absolute Gasteiger partial charge is 0.379 e. The van der Waals surface area contributed by atoms with Crippen LogP contribution in [0.4, 0.5) is 5.69 Å². The maximum absolute atomic E-state index is 12.2. The molecule has 6 nitrogen and oxygen atoms in total. The molecular formula is C14H21N3O3S. The van der Waals surface area contributed by atoms with Gasteiger partial charge in [0.2, 0.25) is 5.96 Å². The number of guanidine groups is 1. The summed E-state index contributed by atoms with van der Waals surface area (Å²) in [4.78, 5) is 4.49. The van der Waals surface area contributed by atoms with E-state index in [2.05, 4.69) is 15.0 Å². The van der Waals surface area contributed by atoms with Gasteiger partial charge in [-0.2, -0.15) is 0 Å². The summed E-state index contributed by atoms with van der Waals surface area (Å²) in [5.74, 6) is 0.260. The third-order valence-corrected chi connectivity index (χ3v) is 4.31. The molecule has 0 fully saturated rings. The number of hydrogen-bond acceptors (Lipinski definition) is 4. The number of nitrogens with one attached hydrogen (secondary N) is 2. The van der Waals surface area contributed by atoms with Crippen LogP contribution >= 0.6 is 0 Å². The predicted octanol–water partition coefficient (Wildman–Crippen LogP) is 1.87. The Labute approximate surface area is 125 Å². The number of ether oxygens (including phenoxy) is 1. The summed E-state index contributed by atoms with van der Waals surface area (Å²) in [5.41, 5.74) is 1.45. The van der Waals surface area contributed by atoms with Crippen molar-refractivity contribution in [3.8, 4) is 0 Å². The fraction of sp³-hybridized carbons (Fsp3) is 0.500. The molecule has 0 aliphatic carbocycles. The predicted molar refractivity (Wildman–Crippen MR) is 83.1 cm³/mol. The maximum atomic E-state index is 12.2. The monoisotopic (exact) mass is 311 g/mol. The van der Waals surface area contributed by atoms with Crippen molar-refractivity contribution in [3.63, 3.8) is 0 Å². The van der Waals surface area contributed by atoms with Gasteiger partial charge < -0.3 is 10.1 Å². The number of aliphatic imine (C=N–C) groups is 1. The van der Waals surface area contributed by atoms with E-state index in [1.807, 2.05) is 26.8 Å². The van der Waals surface area contributed by atoms with Crippen molar-refractivity contribution in [1.29, 1.82) is 0 Å². The van der Waals surface area contributed by atoms with Crippen molar-refractivity contribution in [3.05, 3.63) is 23.8 Å². The molecule has 0 saturated heterocycles. The number of fused-ring (bicyclic) bond motifs is 1. The molecule has 1 aliphatic rings. The van der Waals surface area contributed by atoms with Gasteiger partial charge in [0.05, 0.1) is 11.8 Å². The summed E-state index contributed by atoms with van der Waals surface area (Å²) in [6.07, 6.45) is 0.935. The summed E-state index contributed by atoms with van der Waals surface area (Å²) in [5, 5.41) is 3.00. The zero-order valence-corrected chi connectivity index (χ0v) is 13.3. The van der Waals surface area contributed by atoms with Gasteiger partial charge in [-0.05, 0) is 44.9 Å². The molecule has 2 rings (SSSR count). The number of hydrogen-bond donors (Lipinski definition) is 2. The Hall–Kier alpha value is -1.60. The Morgan fingerprint density at radius 1 is 1.33 bits per heavy atom. The first-order chi connectivity index (χ1) is 9.88. The van der Waals surface area contributed by atoms with Crippen molar-refractivity contribution in [2.24, 2.45) is 4.99 Å². The first kappa shape index (κ1) is 15.8. The Kier molecular flexibility index (Phi) is 4.84. The minimum atomic E-state index is -3.54. The summed E-state index contributed by atoms with van der Waals surface area (Å²) in [6, 6.07) is 5.25. The molecule has 0 unspecified atom stereocenters. The van der Waals surface area contributed by atoms with Gasteiger partial charge in [0, 0.05) is 13.2 Å². The summed E-state index contributed by atoms with van der Waals surface area (Å²) < 4.78 is 32.2. The lowest BCUT2D eigenvalue weighted by atomic mass is 10.2. The Morgan fingerprint density at radius 3 is 2.81 bits per heavy atom. The second-order valence-electron chi connectivity index (χ2n) is 5.23. The number of nitrogens with zero attached hydrogens (tertiary/aromatic N) is 1. The number of sulfonamides is 1. The highest BCUT2D eigenvalue weighted by molar-refractivity contribution is 7.90. The van der Waals surface area contributed by atoms with Gasteiger partial charge in [-0.15, -0.1) is 0 Å². The Bertz CT molecular complexity index is 639. The number of aryl methyl sites for hydroxylation is 1. The molecule has 2 N–H and O–H groups in total. The van der Waals surface area contributed by atoms with Crippen LogP contribution in [0.15, 0.2) is 28.1 Å². The van der Waals surface area contributed by atoms with Crippen molar-refractivity contribution < 1.29 is 13.2 Å². The lowest BCUT2D eigenvalue weighted by Gasteiger charge is -2.21. The third kappa shape index (κ3) is 4.18. The first-order valence-corrected chi connectivity index (χ1v) is 8.43. The highest BCUT2D eigenvalue weighted by Gasteiger charge is 2.26. The summed E-state index contributed by atoms with van der Waals surface area (Å²) in [7, 11) is -3.54. The van der Waals surface area contributed by atoms with Crippen LogP contribution in [0, 0.1) is 6.92 Å². The average molecular weight is 311 g/mol. The van der Waals surface area contributed by atoms with E-state index in [0.717, 1.165) is 12.0 Å². The minimum Gasteiger partial charge on any atom is -0.379 e. The Balaban J connectivity index is 2.04. The first-order valence-electron chi connectivity index (χ1n) is 6.95. The minimum absolute atomic E-state index is 0.194. The van der Waals surface area contributed by atoms with Gasteiger partial charge in [-0.3, -0.25) is 4.99 Å². The lowest BCUT2D eigenvalue weighted by molar-refractivity contribution is 0.0783. The van der Waals surface area contributed by atoms with E-state index in [9.17, 15) is 8.42 Å². The van der Waals surface area contributed by atoms with Crippen LogP contribution in [0.25, 0.3) is 0 Å². The second kappa shape index (κ2) is 6.44. The van der Waals surface area contributed by atoms with E-state index in [1.165, 1.54) is 0 Å². The zero-order valence-electron chi connectivity index (χ0n) is 12.5. The quantitative estimate of drug-likeness (QED) is 0.814. The molecule has 0 radical (unpaired) electrons. The molecule has 0 atom stereocenters. The fourth-order valence-electron chi connectivity index (χ4n) is 1.94. The number of anilines is 1. The van der Waals surface area contributed by atoms with Crippen LogP contribution in [0.3, 0.4) is 0 Å². The van der Waals surface area contributed by atoms with Crippen molar-refractivity contribution in [1.82, 2.24) is 4.72 Å².